The number of aliphatic hydroxyl groups is 1. The number of ketones is 1. The summed E-state index contributed by atoms with van der Waals surface area (Å²) in [5.41, 5.74) is -1.16. The third-order valence-corrected chi connectivity index (χ3v) is 5.86. The van der Waals surface area contributed by atoms with E-state index in [1.165, 1.54) is 20.8 Å². The second-order valence-corrected chi connectivity index (χ2v) is 8.13. The van der Waals surface area contributed by atoms with Crippen molar-refractivity contribution in [3.05, 3.63) is 35.5 Å². The number of carboxylic acids is 1. The fourth-order valence-corrected chi connectivity index (χ4v) is 3.56. The Labute approximate surface area is 175 Å². The lowest BCUT2D eigenvalue weighted by Crippen LogP contribution is -2.48. The average molecular weight is 420 g/mol. The molecule has 8 nitrogen and oxygen atoms in total. The molecule has 2 aliphatic rings. The van der Waals surface area contributed by atoms with Crippen LogP contribution in [0.1, 0.15) is 47.0 Å². The fraction of sp³-hybridized carbons (Fsp3) is 0.545. The van der Waals surface area contributed by atoms with Crippen LogP contribution in [0.3, 0.4) is 0 Å². The van der Waals surface area contributed by atoms with E-state index in [9.17, 15) is 29.4 Å². The van der Waals surface area contributed by atoms with Gasteiger partial charge in [-0.3, -0.25) is 4.79 Å². The Morgan fingerprint density at radius 2 is 2.00 bits per heavy atom. The van der Waals surface area contributed by atoms with Crippen molar-refractivity contribution < 1.29 is 38.9 Å². The van der Waals surface area contributed by atoms with Crippen LogP contribution in [0.15, 0.2) is 35.5 Å². The van der Waals surface area contributed by atoms with E-state index in [0.717, 1.165) is 5.57 Å². The van der Waals surface area contributed by atoms with E-state index in [2.05, 4.69) is 6.58 Å². The van der Waals surface area contributed by atoms with E-state index in [1.807, 2.05) is 6.92 Å². The van der Waals surface area contributed by atoms with E-state index < -0.39 is 53.3 Å². The van der Waals surface area contributed by atoms with E-state index in [-0.39, 0.29) is 17.6 Å². The van der Waals surface area contributed by atoms with Crippen molar-refractivity contribution in [1.82, 2.24) is 0 Å². The molecule has 0 bridgehead atoms. The summed E-state index contributed by atoms with van der Waals surface area (Å²) in [5, 5.41) is 20.2. The van der Waals surface area contributed by atoms with Gasteiger partial charge in [-0.15, -0.1) is 0 Å². The van der Waals surface area contributed by atoms with Crippen molar-refractivity contribution in [3.63, 3.8) is 0 Å². The first-order valence-electron chi connectivity index (χ1n) is 9.79. The predicted octanol–water partition coefficient (Wildman–Crippen LogP) is 2.11. The molecule has 0 radical (unpaired) electrons. The van der Waals surface area contributed by atoms with Crippen molar-refractivity contribution in [2.75, 3.05) is 0 Å². The highest BCUT2D eigenvalue weighted by Gasteiger charge is 2.48. The van der Waals surface area contributed by atoms with Crippen molar-refractivity contribution in [1.29, 1.82) is 0 Å². The Bertz CT molecular complexity index is 832. The minimum absolute atomic E-state index is 0.0210. The number of allylic oxidation sites excluding steroid dienone is 2. The number of Topliss-reactive ketones (excluding diaryl/α,β-unsaturated/α-hetero) is 1. The zero-order valence-electron chi connectivity index (χ0n) is 17.6. The number of esters is 2. The molecule has 2 rings (SSSR count). The van der Waals surface area contributed by atoms with Crippen LogP contribution in [0, 0.1) is 11.8 Å². The minimum Gasteiger partial charge on any atom is -0.478 e. The summed E-state index contributed by atoms with van der Waals surface area (Å²) in [6.07, 6.45) is 2.24. The molecule has 30 heavy (non-hydrogen) atoms. The number of fused-ring (bicyclic) bond motifs is 1. The number of carbonyl (C=O) groups is 4. The first kappa shape index (κ1) is 23.5. The first-order valence-corrected chi connectivity index (χ1v) is 9.79. The average Bonchev–Trinajstić information content (AvgIpc) is 2.92. The molecule has 5 atom stereocenters. The molecule has 1 heterocycles. The summed E-state index contributed by atoms with van der Waals surface area (Å²) >= 11 is 0. The quantitative estimate of drug-likeness (QED) is 0.393. The minimum atomic E-state index is -2.12. The van der Waals surface area contributed by atoms with E-state index in [1.54, 1.807) is 12.2 Å². The molecule has 1 aliphatic heterocycles. The smallest absolute Gasteiger partial charge is 0.338 e. The zero-order chi connectivity index (χ0) is 22.8. The van der Waals surface area contributed by atoms with Crippen molar-refractivity contribution >= 4 is 23.7 Å². The number of ether oxygens (including phenoxy) is 2. The molecule has 2 N–H and O–H groups in total. The summed E-state index contributed by atoms with van der Waals surface area (Å²) in [7, 11) is 0. The Morgan fingerprint density at radius 3 is 2.57 bits per heavy atom. The molecule has 0 amide bonds. The summed E-state index contributed by atoms with van der Waals surface area (Å²) < 4.78 is 10.9. The zero-order valence-corrected chi connectivity index (χ0v) is 17.6. The highest BCUT2D eigenvalue weighted by atomic mass is 16.6. The maximum atomic E-state index is 12.8. The molecule has 5 unspecified atom stereocenters. The van der Waals surface area contributed by atoms with Gasteiger partial charge in [-0.1, -0.05) is 25.2 Å². The number of aliphatic carboxylic acids is 1. The van der Waals surface area contributed by atoms with Gasteiger partial charge < -0.3 is 19.7 Å². The van der Waals surface area contributed by atoms with Gasteiger partial charge in [-0.25, -0.2) is 14.4 Å². The van der Waals surface area contributed by atoms with Gasteiger partial charge in [0.25, 0.3) is 0 Å². The molecule has 1 aliphatic carbocycles. The van der Waals surface area contributed by atoms with Gasteiger partial charge in [0.1, 0.15) is 18.0 Å². The molecular weight excluding hydrogens is 392 g/mol. The molecule has 0 aromatic carbocycles. The normalized spacial score (nSPS) is 27.6. The molecule has 0 aromatic heterocycles. The Balaban J connectivity index is 2.46. The molecule has 1 saturated heterocycles. The van der Waals surface area contributed by atoms with Gasteiger partial charge in [0, 0.05) is 17.6 Å². The monoisotopic (exact) mass is 420 g/mol. The highest BCUT2D eigenvalue weighted by molar-refractivity contribution is 5.92. The van der Waals surface area contributed by atoms with Gasteiger partial charge in [-0.05, 0) is 39.7 Å². The van der Waals surface area contributed by atoms with Gasteiger partial charge in [0.05, 0.1) is 11.8 Å². The number of rotatable bonds is 5. The van der Waals surface area contributed by atoms with Crippen LogP contribution >= 0.6 is 0 Å². The third-order valence-electron chi connectivity index (χ3n) is 5.86. The van der Waals surface area contributed by atoms with Crippen LogP contribution in [0.25, 0.3) is 0 Å². The maximum Gasteiger partial charge on any atom is 0.338 e. The Morgan fingerprint density at radius 1 is 1.37 bits per heavy atom. The summed E-state index contributed by atoms with van der Waals surface area (Å²) in [4.78, 5) is 48.4. The molecule has 0 aromatic rings. The molecule has 0 saturated carbocycles. The molecule has 0 spiro atoms. The fourth-order valence-electron chi connectivity index (χ4n) is 3.56. The van der Waals surface area contributed by atoms with Crippen LogP contribution in [0.4, 0.5) is 0 Å². The van der Waals surface area contributed by atoms with E-state index in [0.29, 0.717) is 12.8 Å². The molecule has 8 heteroatoms. The van der Waals surface area contributed by atoms with Crippen molar-refractivity contribution in [3.8, 4) is 0 Å². The van der Waals surface area contributed by atoms with Gasteiger partial charge >= 0.3 is 17.9 Å². The molecular formula is C22H28O8. The SMILES string of the molecule is C=C1C(=O)OC2C=C(C)CCC=C(C(=O)O)CC(OC(=O)C(C)(O)C(C)C(C)=O)C12. The summed E-state index contributed by atoms with van der Waals surface area (Å²) in [6, 6.07) is 0. The van der Waals surface area contributed by atoms with Gasteiger partial charge in [0.15, 0.2) is 5.60 Å². The topological polar surface area (TPSA) is 127 Å². The van der Waals surface area contributed by atoms with Crippen molar-refractivity contribution in [2.45, 2.75) is 64.8 Å². The number of carboxylic acid groups (broad SMARTS) is 1. The molecule has 164 valence electrons. The number of hydrogen-bond acceptors (Lipinski definition) is 7. The van der Waals surface area contributed by atoms with Gasteiger partial charge in [0.2, 0.25) is 0 Å². The van der Waals surface area contributed by atoms with Crippen LogP contribution in [-0.4, -0.2) is 51.7 Å². The Kier molecular flexibility index (Phi) is 7.02. The largest absolute Gasteiger partial charge is 0.478 e. The van der Waals surface area contributed by atoms with Crippen LogP contribution in [0.2, 0.25) is 0 Å². The maximum absolute atomic E-state index is 12.8. The van der Waals surface area contributed by atoms with Crippen LogP contribution < -0.4 is 0 Å². The first-order chi connectivity index (χ1) is 13.9. The van der Waals surface area contributed by atoms with E-state index in [4.69, 9.17) is 9.47 Å². The van der Waals surface area contributed by atoms with Crippen LogP contribution in [0.5, 0.6) is 0 Å². The predicted molar refractivity (Wildman–Crippen MR) is 106 cm³/mol. The lowest BCUT2D eigenvalue weighted by atomic mass is 9.84. The lowest BCUT2D eigenvalue weighted by Gasteiger charge is -2.32. The number of carbonyl (C=O) groups excluding carboxylic acids is 3. The van der Waals surface area contributed by atoms with E-state index >= 15 is 0 Å². The summed E-state index contributed by atoms with van der Waals surface area (Å²) in [6.45, 7) is 9.39. The lowest BCUT2D eigenvalue weighted by molar-refractivity contribution is -0.178. The molecule has 1 fully saturated rings. The van der Waals surface area contributed by atoms with Gasteiger partial charge in [-0.2, -0.15) is 0 Å². The standard InChI is InChI=1S/C22H28O8/c1-11-7-6-8-15(19(24)25)10-17(18-12(2)20(26)29-16(18)9-11)30-21(27)22(5,28)13(3)14(4)23/h8-9,13,16-18,28H,2,6-7,10H2,1,3-5H3,(H,24,25). The highest BCUT2D eigenvalue weighted by Crippen LogP contribution is 2.37. The second-order valence-electron chi connectivity index (χ2n) is 8.13. The van der Waals surface area contributed by atoms with Crippen LogP contribution in [-0.2, 0) is 28.7 Å². The third kappa shape index (κ3) is 4.87. The second kappa shape index (κ2) is 8.95. The van der Waals surface area contributed by atoms with Crippen molar-refractivity contribution in [2.24, 2.45) is 11.8 Å². The number of hydrogen-bond donors (Lipinski definition) is 2. The summed E-state index contributed by atoms with van der Waals surface area (Å²) in [5.74, 6) is -5.17. The Hall–Kier alpha value is -2.74.